The van der Waals surface area contributed by atoms with E-state index < -0.39 is 0 Å². The number of aryl methyl sites for hydroxylation is 1. The van der Waals surface area contributed by atoms with Crippen LogP contribution in [0.15, 0.2) is 18.2 Å². The van der Waals surface area contributed by atoms with Crippen molar-refractivity contribution in [1.29, 1.82) is 0 Å². The number of nitrogens with one attached hydrogen (secondary N) is 1. The van der Waals surface area contributed by atoms with Gasteiger partial charge in [-0.2, -0.15) is 0 Å². The Morgan fingerprint density at radius 2 is 2.25 bits per heavy atom. The second-order valence-corrected chi connectivity index (χ2v) is 5.43. The van der Waals surface area contributed by atoms with Gasteiger partial charge in [-0.05, 0) is 38.6 Å². The molecule has 1 aromatic heterocycles. The van der Waals surface area contributed by atoms with Crippen LogP contribution in [0.5, 0.6) is 0 Å². The number of likely N-dealkylation sites (N-methyl/N-ethyl adjacent to an activating group) is 2. The van der Waals surface area contributed by atoms with E-state index in [0.29, 0.717) is 12.1 Å². The van der Waals surface area contributed by atoms with Crippen molar-refractivity contribution in [1.82, 2.24) is 15.2 Å². The molecule has 1 aliphatic rings. The maximum absolute atomic E-state index is 5.70. The third-order valence-electron chi connectivity index (χ3n) is 3.98. The molecule has 0 aliphatic carbocycles. The van der Waals surface area contributed by atoms with Gasteiger partial charge in [0.05, 0.1) is 12.3 Å². The SMILES string of the molecule is CCNC1CCOCC1N(CC)Cc1cccc(C)n1. The smallest absolute Gasteiger partial charge is 0.0637 e. The summed E-state index contributed by atoms with van der Waals surface area (Å²) in [7, 11) is 0. The maximum Gasteiger partial charge on any atom is 0.0637 e. The predicted octanol–water partition coefficient (Wildman–Crippen LogP) is 1.98. The summed E-state index contributed by atoms with van der Waals surface area (Å²) in [6, 6.07) is 7.21. The Kier molecular flexibility index (Phi) is 5.95. The van der Waals surface area contributed by atoms with Crippen molar-refractivity contribution in [2.24, 2.45) is 0 Å². The minimum Gasteiger partial charge on any atom is -0.380 e. The van der Waals surface area contributed by atoms with Gasteiger partial charge in [-0.25, -0.2) is 0 Å². The van der Waals surface area contributed by atoms with Crippen molar-refractivity contribution in [2.45, 2.75) is 45.8 Å². The van der Waals surface area contributed by atoms with Gasteiger partial charge in [0, 0.05) is 30.9 Å². The molecule has 0 saturated carbocycles. The third-order valence-corrected chi connectivity index (χ3v) is 3.98. The Labute approximate surface area is 122 Å². The molecule has 1 N–H and O–H groups in total. The van der Waals surface area contributed by atoms with Crippen molar-refractivity contribution >= 4 is 0 Å². The van der Waals surface area contributed by atoms with Crippen LogP contribution in [-0.2, 0) is 11.3 Å². The minimum atomic E-state index is 0.441. The molecule has 0 amide bonds. The van der Waals surface area contributed by atoms with E-state index in [9.17, 15) is 0 Å². The number of hydrogen-bond donors (Lipinski definition) is 1. The molecule has 2 unspecified atom stereocenters. The summed E-state index contributed by atoms with van der Waals surface area (Å²) >= 11 is 0. The Morgan fingerprint density at radius 3 is 2.95 bits per heavy atom. The first-order valence-electron chi connectivity index (χ1n) is 7.72. The van der Waals surface area contributed by atoms with Gasteiger partial charge < -0.3 is 10.1 Å². The quantitative estimate of drug-likeness (QED) is 0.863. The van der Waals surface area contributed by atoms with Gasteiger partial charge >= 0.3 is 0 Å². The van der Waals surface area contributed by atoms with E-state index in [4.69, 9.17) is 4.74 Å². The number of hydrogen-bond acceptors (Lipinski definition) is 4. The van der Waals surface area contributed by atoms with Gasteiger partial charge in [-0.1, -0.05) is 19.9 Å². The van der Waals surface area contributed by atoms with Crippen molar-refractivity contribution in [2.75, 3.05) is 26.3 Å². The summed E-state index contributed by atoms with van der Waals surface area (Å²) in [5, 5.41) is 3.60. The Morgan fingerprint density at radius 1 is 1.40 bits per heavy atom. The Balaban J connectivity index is 2.05. The molecule has 2 heterocycles. The molecule has 2 atom stereocenters. The summed E-state index contributed by atoms with van der Waals surface area (Å²) in [4.78, 5) is 7.10. The first-order chi connectivity index (χ1) is 9.74. The highest BCUT2D eigenvalue weighted by atomic mass is 16.5. The van der Waals surface area contributed by atoms with Gasteiger partial charge in [-0.15, -0.1) is 0 Å². The molecule has 2 rings (SSSR count). The number of rotatable bonds is 6. The van der Waals surface area contributed by atoms with Gasteiger partial charge in [0.15, 0.2) is 0 Å². The van der Waals surface area contributed by atoms with Crippen molar-refractivity contribution in [3.8, 4) is 0 Å². The monoisotopic (exact) mass is 277 g/mol. The number of pyridine rings is 1. The van der Waals surface area contributed by atoms with E-state index in [1.165, 1.54) is 0 Å². The summed E-state index contributed by atoms with van der Waals surface area (Å²) in [5.41, 5.74) is 2.23. The zero-order valence-corrected chi connectivity index (χ0v) is 12.9. The number of nitrogens with zero attached hydrogens (tertiary/aromatic N) is 2. The molecule has 4 heteroatoms. The summed E-state index contributed by atoms with van der Waals surface area (Å²) in [5.74, 6) is 0. The van der Waals surface area contributed by atoms with Crippen LogP contribution >= 0.6 is 0 Å². The van der Waals surface area contributed by atoms with E-state index in [-0.39, 0.29) is 0 Å². The van der Waals surface area contributed by atoms with Crippen molar-refractivity contribution in [3.63, 3.8) is 0 Å². The second kappa shape index (κ2) is 7.72. The van der Waals surface area contributed by atoms with E-state index in [1.807, 2.05) is 13.0 Å². The molecular weight excluding hydrogens is 250 g/mol. The van der Waals surface area contributed by atoms with Crippen LogP contribution in [0, 0.1) is 6.92 Å². The van der Waals surface area contributed by atoms with E-state index in [2.05, 4.69) is 41.2 Å². The van der Waals surface area contributed by atoms with Crippen molar-refractivity contribution < 1.29 is 4.74 Å². The first kappa shape index (κ1) is 15.4. The lowest BCUT2D eigenvalue weighted by molar-refractivity contribution is -0.00454. The molecule has 0 radical (unpaired) electrons. The molecule has 0 spiro atoms. The fourth-order valence-corrected chi connectivity index (χ4v) is 2.94. The predicted molar refractivity (Wildman–Crippen MR) is 81.7 cm³/mol. The van der Waals surface area contributed by atoms with E-state index in [0.717, 1.165) is 50.7 Å². The molecule has 4 nitrogen and oxygen atoms in total. The summed E-state index contributed by atoms with van der Waals surface area (Å²) in [6.07, 6.45) is 1.09. The van der Waals surface area contributed by atoms with Crippen LogP contribution in [0.1, 0.15) is 31.7 Å². The zero-order valence-electron chi connectivity index (χ0n) is 12.9. The fourth-order valence-electron chi connectivity index (χ4n) is 2.94. The first-order valence-corrected chi connectivity index (χ1v) is 7.72. The molecule has 0 bridgehead atoms. The number of ether oxygens (including phenoxy) is 1. The lowest BCUT2D eigenvalue weighted by Gasteiger charge is -2.39. The molecule has 112 valence electrons. The normalized spacial score (nSPS) is 23.2. The van der Waals surface area contributed by atoms with Gasteiger partial charge in [0.1, 0.15) is 0 Å². The largest absolute Gasteiger partial charge is 0.380 e. The summed E-state index contributed by atoms with van der Waals surface area (Å²) < 4.78 is 5.70. The van der Waals surface area contributed by atoms with Gasteiger partial charge in [-0.3, -0.25) is 9.88 Å². The lowest BCUT2D eigenvalue weighted by atomic mass is 10.0. The zero-order chi connectivity index (χ0) is 14.4. The Hall–Kier alpha value is -0.970. The molecule has 20 heavy (non-hydrogen) atoms. The van der Waals surface area contributed by atoms with Crippen LogP contribution in [0.25, 0.3) is 0 Å². The van der Waals surface area contributed by atoms with Gasteiger partial charge in [0.2, 0.25) is 0 Å². The highest BCUT2D eigenvalue weighted by Gasteiger charge is 2.29. The maximum atomic E-state index is 5.70. The molecule has 1 fully saturated rings. The summed E-state index contributed by atoms with van der Waals surface area (Å²) in [6.45, 7) is 11.1. The van der Waals surface area contributed by atoms with E-state index in [1.54, 1.807) is 0 Å². The van der Waals surface area contributed by atoms with Crippen LogP contribution in [0.3, 0.4) is 0 Å². The highest BCUT2D eigenvalue weighted by Crippen LogP contribution is 2.17. The van der Waals surface area contributed by atoms with Crippen LogP contribution in [0.2, 0.25) is 0 Å². The average molecular weight is 277 g/mol. The van der Waals surface area contributed by atoms with E-state index >= 15 is 0 Å². The fraction of sp³-hybridized carbons (Fsp3) is 0.688. The Bertz CT molecular complexity index is 408. The molecular formula is C16H27N3O. The van der Waals surface area contributed by atoms with Crippen molar-refractivity contribution in [3.05, 3.63) is 29.6 Å². The topological polar surface area (TPSA) is 37.4 Å². The molecule has 1 aliphatic heterocycles. The lowest BCUT2D eigenvalue weighted by Crippen LogP contribution is -2.55. The minimum absolute atomic E-state index is 0.441. The van der Waals surface area contributed by atoms with Crippen LogP contribution in [0.4, 0.5) is 0 Å². The van der Waals surface area contributed by atoms with Crippen LogP contribution < -0.4 is 5.32 Å². The van der Waals surface area contributed by atoms with Crippen LogP contribution in [-0.4, -0.2) is 48.3 Å². The highest BCUT2D eigenvalue weighted by molar-refractivity contribution is 5.10. The standard InChI is InChI=1S/C16H27N3O/c1-4-17-15-9-10-20-12-16(15)19(5-2)11-14-8-6-7-13(3)18-14/h6-8,15-17H,4-5,9-12H2,1-3H3. The molecule has 0 aromatic carbocycles. The number of aromatic nitrogens is 1. The average Bonchev–Trinajstić information content (AvgIpc) is 2.46. The molecule has 1 aromatic rings. The third kappa shape index (κ3) is 4.01. The molecule has 1 saturated heterocycles. The second-order valence-electron chi connectivity index (χ2n) is 5.43. The van der Waals surface area contributed by atoms with Gasteiger partial charge in [0.25, 0.3) is 0 Å².